The number of hydrogen-bond donors (Lipinski definition) is 4. The molecule has 0 amide bonds. The van der Waals surface area contributed by atoms with Crippen molar-refractivity contribution in [2.45, 2.75) is 25.3 Å². The van der Waals surface area contributed by atoms with Crippen LogP contribution in [0, 0.1) is 0 Å². The van der Waals surface area contributed by atoms with Crippen molar-refractivity contribution in [2.75, 3.05) is 6.54 Å². The smallest absolute Gasteiger partial charge is 0.323 e. The molecule has 5 N–H and O–H groups in total. The van der Waals surface area contributed by atoms with Crippen LogP contribution in [0.2, 0.25) is 0 Å². The van der Waals surface area contributed by atoms with Crippen molar-refractivity contribution in [3.05, 3.63) is 0 Å². The first-order valence-electron chi connectivity index (χ1n) is 3.55. The van der Waals surface area contributed by atoms with Crippen LogP contribution in [0.15, 0.2) is 0 Å². The summed E-state index contributed by atoms with van der Waals surface area (Å²) in [6.45, 7) is 0.553. The van der Waals surface area contributed by atoms with Crippen LogP contribution in [-0.2, 0) is 4.79 Å². The van der Waals surface area contributed by atoms with Crippen LogP contribution in [0.25, 0.3) is 0 Å². The van der Waals surface area contributed by atoms with E-state index in [9.17, 15) is 4.79 Å². The molecule has 0 saturated heterocycles. The monoisotopic (exact) mass is 198 g/mol. The Morgan fingerprint density at radius 3 is 2.42 bits per heavy atom. The predicted octanol–water partition coefficient (Wildman–Crippen LogP) is -0.0308. The number of carboxylic acids is 1. The van der Waals surface area contributed by atoms with Crippen LogP contribution in [0.3, 0.4) is 0 Å². The highest BCUT2D eigenvalue weighted by molar-refractivity contribution is 5.85. The van der Waals surface area contributed by atoms with Gasteiger partial charge in [0.05, 0.1) is 0 Å². The Labute approximate surface area is 77.3 Å². The first-order valence-corrected chi connectivity index (χ1v) is 3.55. The van der Waals surface area contributed by atoms with Gasteiger partial charge >= 0.3 is 5.97 Å². The summed E-state index contributed by atoms with van der Waals surface area (Å²) in [7, 11) is 0. The number of unbranched alkanes of at least 4 members (excludes halogenated alkanes) is 1. The third kappa shape index (κ3) is 6.36. The van der Waals surface area contributed by atoms with Crippen LogP contribution < -0.4 is 11.2 Å². The summed E-state index contributed by atoms with van der Waals surface area (Å²) in [5, 5.41) is 16.8. The number of aliphatic carboxylic acids is 1. The molecule has 0 spiro atoms. The lowest BCUT2D eigenvalue weighted by atomic mass is 10.1. The summed E-state index contributed by atoms with van der Waals surface area (Å²) in [6, 6.07) is -0.860. The van der Waals surface area contributed by atoms with Gasteiger partial charge in [-0.05, 0) is 25.8 Å². The molecule has 0 heterocycles. The molecule has 1 unspecified atom stereocenters. The van der Waals surface area contributed by atoms with Crippen molar-refractivity contribution in [2.24, 2.45) is 5.73 Å². The van der Waals surface area contributed by atoms with Crippen LogP contribution in [0.1, 0.15) is 19.3 Å². The largest absolute Gasteiger partial charge is 0.480 e. The number of carboxylic acid groups (broad SMARTS) is 1. The molecule has 0 aromatic heterocycles. The second-order valence-electron chi connectivity index (χ2n) is 2.30. The zero-order valence-corrected chi connectivity index (χ0v) is 7.51. The highest BCUT2D eigenvalue weighted by Gasteiger charge is 2.14. The van der Waals surface area contributed by atoms with E-state index in [1.807, 2.05) is 0 Å². The van der Waals surface area contributed by atoms with Crippen LogP contribution in [0.4, 0.5) is 0 Å². The normalized spacial score (nSPS) is 11.8. The maximum atomic E-state index is 10.3. The van der Waals surface area contributed by atoms with E-state index in [0.29, 0.717) is 19.4 Å². The van der Waals surface area contributed by atoms with E-state index in [1.54, 1.807) is 5.48 Å². The summed E-state index contributed by atoms with van der Waals surface area (Å²) < 4.78 is 0. The number of hydrogen-bond acceptors (Lipinski definition) is 4. The summed E-state index contributed by atoms with van der Waals surface area (Å²) in [6.07, 6.45) is 1.90. The zero-order valence-electron chi connectivity index (χ0n) is 6.69. The van der Waals surface area contributed by atoms with Gasteiger partial charge in [0.2, 0.25) is 0 Å². The van der Waals surface area contributed by atoms with Crippen molar-refractivity contribution >= 4 is 18.4 Å². The average molecular weight is 199 g/mol. The number of rotatable bonds is 6. The van der Waals surface area contributed by atoms with Gasteiger partial charge in [0.15, 0.2) is 0 Å². The lowest BCUT2D eigenvalue weighted by Gasteiger charge is -2.08. The van der Waals surface area contributed by atoms with Crippen molar-refractivity contribution in [1.29, 1.82) is 0 Å². The van der Waals surface area contributed by atoms with E-state index in [2.05, 4.69) is 0 Å². The zero-order chi connectivity index (χ0) is 8.69. The van der Waals surface area contributed by atoms with Gasteiger partial charge in [-0.15, -0.1) is 12.4 Å². The maximum Gasteiger partial charge on any atom is 0.323 e. The molecule has 0 bridgehead atoms. The van der Waals surface area contributed by atoms with E-state index in [0.717, 1.165) is 6.42 Å². The predicted molar refractivity (Wildman–Crippen MR) is 46.5 cm³/mol. The Morgan fingerprint density at radius 1 is 1.50 bits per heavy atom. The van der Waals surface area contributed by atoms with Gasteiger partial charge in [0.1, 0.15) is 6.04 Å². The highest BCUT2D eigenvalue weighted by Crippen LogP contribution is 1.99. The molecule has 0 rings (SSSR count). The molecular formula is C6H15ClN2O3. The summed E-state index contributed by atoms with van der Waals surface area (Å²) in [5.74, 6) is -1.04. The van der Waals surface area contributed by atoms with Crippen molar-refractivity contribution < 1.29 is 15.1 Å². The lowest BCUT2D eigenvalue weighted by Crippen LogP contribution is -2.34. The fourth-order valence-electron chi connectivity index (χ4n) is 0.736. The van der Waals surface area contributed by atoms with Crippen molar-refractivity contribution in [3.63, 3.8) is 0 Å². The number of halogens is 1. The molecule has 0 aliphatic heterocycles. The molecule has 74 valence electrons. The molecule has 0 aliphatic rings. The van der Waals surface area contributed by atoms with Gasteiger partial charge in [0, 0.05) is 0 Å². The Bertz CT molecular complexity index is 123. The SMILES string of the molecule is Cl.NCCCCC(NO)C(=O)O. The maximum absolute atomic E-state index is 10.3. The molecule has 1 atom stereocenters. The first kappa shape index (κ1) is 14.2. The minimum Gasteiger partial charge on any atom is -0.480 e. The Kier molecular flexibility index (Phi) is 10.3. The second-order valence-corrected chi connectivity index (χ2v) is 2.30. The number of hydroxylamine groups is 1. The van der Waals surface area contributed by atoms with Crippen molar-refractivity contribution in [1.82, 2.24) is 5.48 Å². The molecule has 6 heteroatoms. The first-order chi connectivity index (χ1) is 5.22. The van der Waals surface area contributed by atoms with Crippen LogP contribution >= 0.6 is 12.4 Å². The van der Waals surface area contributed by atoms with Gasteiger partial charge in [0.25, 0.3) is 0 Å². The van der Waals surface area contributed by atoms with Gasteiger partial charge in [-0.1, -0.05) is 0 Å². The lowest BCUT2D eigenvalue weighted by molar-refractivity contribution is -0.142. The fourth-order valence-corrected chi connectivity index (χ4v) is 0.736. The Morgan fingerprint density at radius 2 is 2.08 bits per heavy atom. The minimum absolute atomic E-state index is 0. The number of carbonyl (C=O) groups is 1. The topological polar surface area (TPSA) is 95.6 Å². The molecule has 0 radical (unpaired) electrons. The quantitative estimate of drug-likeness (QED) is 0.355. The van der Waals surface area contributed by atoms with Crippen LogP contribution in [-0.4, -0.2) is 28.9 Å². The second kappa shape index (κ2) is 8.73. The molecule has 0 aliphatic carbocycles. The standard InChI is InChI=1S/C6H14N2O3.ClH/c7-4-2-1-3-5(8-11)6(9)10;/h5,8,11H,1-4,7H2,(H,9,10);1H. The minimum atomic E-state index is -1.04. The van der Waals surface area contributed by atoms with E-state index in [-0.39, 0.29) is 12.4 Å². The molecule has 12 heavy (non-hydrogen) atoms. The molecule has 0 aromatic rings. The van der Waals surface area contributed by atoms with Gasteiger partial charge in [-0.2, -0.15) is 5.48 Å². The summed E-state index contributed by atoms with van der Waals surface area (Å²) in [4.78, 5) is 10.3. The number of nitrogens with two attached hydrogens (primary N) is 1. The van der Waals surface area contributed by atoms with Crippen molar-refractivity contribution in [3.8, 4) is 0 Å². The number of nitrogens with one attached hydrogen (secondary N) is 1. The highest BCUT2D eigenvalue weighted by atomic mass is 35.5. The van der Waals surface area contributed by atoms with E-state index in [4.69, 9.17) is 16.0 Å². The molecule has 0 saturated carbocycles. The third-order valence-corrected chi connectivity index (χ3v) is 1.40. The summed E-state index contributed by atoms with van der Waals surface area (Å²) >= 11 is 0. The van der Waals surface area contributed by atoms with Gasteiger partial charge in [-0.25, -0.2) is 0 Å². The van der Waals surface area contributed by atoms with E-state index < -0.39 is 12.0 Å². The summed E-state index contributed by atoms with van der Waals surface area (Å²) in [5.41, 5.74) is 6.92. The van der Waals surface area contributed by atoms with E-state index in [1.165, 1.54) is 0 Å². The fraction of sp³-hybridized carbons (Fsp3) is 0.833. The molecule has 0 aromatic carbocycles. The van der Waals surface area contributed by atoms with Crippen LogP contribution in [0.5, 0.6) is 0 Å². The molecule has 0 fully saturated rings. The molecular weight excluding hydrogens is 184 g/mol. The van der Waals surface area contributed by atoms with E-state index >= 15 is 0 Å². The Balaban J connectivity index is 0. The van der Waals surface area contributed by atoms with Gasteiger partial charge < -0.3 is 16.0 Å². The molecule has 5 nitrogen and oxygen atoms in total. The third-order valence-electron chi connectivity index (χ3n) is 1.40. The average Bonchev–Trinajstić information content (AvgIpc) is 1.97. The van der Waals surface area contributed by atoms with Gasteiger partial charge in [-0.3, -0.25) is 4.79 Å². The Hall–Kier alpha value is -0.360.